The molecule has 1 rings (SSSR count). The molecule has 74 valence electrons. The number of halogens is 1. The molecule has 1 aromatic rings. The second-order valence-electron chi connectivity index (χ2n) is 3.04. The van der Waals surface area contributed by atoms with Gasteiger partial charge in [0.2, 0.25) is 0 Å². The topological polar surface area (TPSA) is 30.7 Å². The van der Waals surface area contributed by atoms with Crippen LogP contribution in [0.2, 0.25) is 0 Å². The van der Waals surface area contributed by atoms with Gasteiger partial charge >= 0.3 is 0 Å². The second kappa shape index (κ2) is 5.22. The van der Waals surface area contributed by atoms with Gasteiger partial charge in [0.25, 0.3) is 0 Å². The fourth-order valence-electron chi connectivity index (χ4n) is 1.24. The van der Waals surface area contributed by atoms with Crippen LogP contribution >= 0.6 is 11.6 Å². The highest BCUT2D eigenvalue weighted by Gasteiger charge is 2.06. The summed E-state index contributed by atoms with van der Waals surface area (Å²) in [7, 11) is 0. The minimum absolute atomic E-state index is 0.266. The largest absolute Gasteiger partial charge is 0.250 e. The smallest absolute Gasteiger partial charge is 0.138 e. The van der Waals surface area contributed by atoms with Crippen molar-refractivity contribution in [2.24, 2.45) is 0 Å². The van der Waals surface area contributed by atoms with Crippen LogP contribution < -0.4 is 0 Å². The van der Waals surface area contributed by atoms with E-state index in [-0.39, 0.29) is 5.38 Å². The maximum absolute atomic E-state index is 6.02. The van der Waals surface area contributed by atoms with E-state index in [1.807, 2.05) is 4.68 Å². The zero-order valence-electron chi connectivity index (χ0n) is 8.20. The van der Waals surface area contributed by atoms with Crippen LogP contribution in [0.5, 0.6) is 0 Å². The van der Waals surface area contributed by atoms with Crippen LogP contribution in [0.3, 0.4) is 0 Å². The van der Waals surface area contributed by atoms with Gasteiger partial charge in [0.1, 0.15) is 12.2 Å². The summed E-state index contributed by atoms with van der Waals surface area (Å²) in [5.41, 5.74) is 0. The first kappa shape index (κ1) is 10.5. The summed E-state index contributed by atoms with van der Waals surface area (Å²) >= 11 is 6.02. The first-order chi connectivity index (χ1) is 6.27. The Kier molecular flexibility index (Phi) is 4.22. The van der Waals surface area contributed by atoms with Gasteiger partial charge in [0, 0.05) is 18.3 Å². The SMILES string of the molecule is CCC(Cl)CCc1ncnn1CC. The van der Waals surface area contributed by atoms with Crippen molar-refractivity contribution >= 4 is 11.6 Å². The molecule has 0 aliphatic carbocycles. The van der Waals surface area contributed by atoms with E-state index in [2.05, 4.69) is 23.9 Å². The van der Waals surface area contributed by atoms with Crippen molar-refractivity contribution in [1.29, 1.82) is 0 Å². The van der Waals surface area contributed by atoms with Gasteiger partial charge in [-0.3, -0.25) is 4.68 Å². The van der Waals surface area contributed by atoms with E-state index in [1.54, 1.807) is 6.33 Å². The highest BCUT2D eigenvalue weighted by atomic mass is 35.5. The van der Waals surface area contributed by atoms with Gasteiger partial charge < -0.3 is 0 Å². The molecule has 1 atom stereocenters. The summed E-state index contributed by atoms with van der Waals surface area (Å²) in [6, 6.07) is 0. The van der Waals surface area contributed by atoms with Crippen LogP contribution in [0.15, 0.2) is 6.33 Å². The lowest BCUT2D eigenvalue weighted by Crippen LogP contribution is -2.06. The van der Waals surface area contributed by atoms with Gasteiger partial charge in [-0.2, -0.15) is 5.10 Å². The van der Waals surface area contributed by atoms with Crippen LogP contribution in [-0.4, -0.2) is 20.1 Å². The zero-order chi connectivity index (χ0) is 9.68. The van der Waals surface area contributed by atoms with E-state index < -0.39 is 0 Å². The average Bonchev–Trinajstić information content (AvgIpc) is 2.61. The van der Waals surface area contributed by atoms with Gasteiger partial charge in [0.05, 0.1) is 0 Å². The lowest BCUT2D eigenvalue weighted by atomic mass is 10.2. The number of hydrogen-bond acceptors (Lipinski definition) is 2. The first-order valence-electron chi connectivity index (χ1n) is 4.78. The number of nitrogens with zero attached hydrogens (tertiary/aromatic N) is 3. The molecule has 13 heavy (non-hydrogen) atoms. The van der Waals surface area contributed by atoms with E-state index >= 15 is 0 Å². The molecule has 0 N–H and O–H groups in total. The van der Waals surface area contributed by atoms with E-state index in [9.17, 15) is 0 Å². The van der Waals surface area contributed by atoms with Crippen LogP contribution in [0, 0.1) is 0 Å². The highest BCUT2D eigenvalue weighted by molar-refractivity contribution is 6.20. The summed E-state index contributed by atoms with van der Waals surface area (Å²) in [4.78, 5) is 4.19. The maximum atomic E-state index is 6.02. The second-order valence-corrected chi connectivity index (χ2v) is 3.65. The monoisotopic (exact) mass is 201 g/mol. The Bertz CT molecular complexity index is 247. The third-order valence-corrected chi connectivity index (χ3v) is 2.65. The van der Waals surface area contributed by atoms with Crippen molar-refractivity contribution in [2.45, 2.75) is 45.0 Å². The van der Waals surface area contributed by atoms with Crippen LogP contribution in [0.25, 0.3) is 0 Å². The Balaban J connectivity index is 2.44. The molecule has 0 spiro atoms. The zero-order valence-corrected chi connectivity index (χ0v) is 8.96. The number of alkyl halides is 1. The quantitative estimate of drug-likeness (QED) is 0.685. The molecule has 0 amide bonds. The maximum Gasteiger partial charge on any atom is 0.138 e. The lowest BCUT2D eigenvalue weighted by Gasteiger charge is -2.05. The Morgan fingerprint density at radius 1 is 1.54 bits per heavy atom. The number of aryl methyl sites for hydroxylation is 2. The van der Waals surface area contributed by atoms with Gasteiger partial charge in [0.15, 0.2) is 0 Å². The number of hydrogen-bond donors (Lipinski definition) is 0. The molecule has 0 bridgehead atoms. The van der Waals surface area contributed by atoms with Crippen molar-refractivity contribution in [2.75, 3.05) is 0 Å². The Labute approximate surface area is 84.1 Å². The van der Waals surface area contributed by atoms with Gasteiger partial charge in [-0.05, 0) is 19.8 Å². The fraction of sp³-hybridized carbons (Fsp3) is 0.778. The fourth-order valence-corrected chi connectivity index (χ4v) is 1.34. The van der Waals surface area contributed by atoms with Crippen LogP contribution in [0.4, 0.5) is 0 Å². The third kappa shape index (κ3) is 2.99. The van der Waals surface area contributed by atoms with Crippen LogP contribution in [-0.2, 0) is 13.0 Å². The van der Waals surface area contributed by atoms with Crippen LogP contribution in [0.1, 0.15) is 32.5 Å². The Morgan fingerprint density at radius 2 is 2.31 bits per heavy atom. The lowest BCUT2D eigenvalue weighted by molar-refractivity contribution is 0.593. The molecule has 3 nitrogen and oxygen atoms in total. The van der Waals surface area contributed by atoms with Crippen molar-refractivity contribution in [1.82, 2.24) is 14.8 Å². The van der Waals surface area contributed by atoms with E-state index in [0.29, 0.717) is 0 Å². The molecule has 0 aromatic carbocycles. The number of rotatable bonds is 5. The number of aromatic nitrogens is 3. The van der Waals surface area contributed by atoms with E-state index in [4.69, 9.17) is 11.6 Å². The summed E-state index contributed by atoms with van der Waals surface area (Å²) in [5.74, 6) is 1.04. The minimum Gasteiger partial charge on any atom is -0.250 e. The Morgan fingerprint density at radius 3 is 2.92 bits per heavy atom. The molecule has 4 heteroatoms. The molecule has 1 heterocycles. The highest BCUT2D eigenvalue weighted by Crippen LogP contribution is 2.10. The first-order valence-corrected chi connectivity index (χ1v) is 5.22. The van der Waals surface area contributed by atoms with Gasteiger partial charge in [-0.15, -0.1) is 11.6 Å². The van der Waals surface area contributed by atoms with Crippen molar-refractivity contribution in [3.05, 3.63) is 12.2 Å². The standard InChI is InChI=1S/C9H16ClN3/c1-3-8(10)5-6-9-11-7-12-13(9)4-2/h7-8H,3-6H2,1-2H3. The summed E-state index contributed by atoms with van der Waals surface area (Å²) in [6.07, 6.45) is 4.53. The summed E-state index contributed by atoms with van der Waals surface area (Å²) in [5, 5.41) is 4.37. The molecule has 1 aromatic heterocycles. The molecular weight excluding hydrogens is 186 g/mol. The van der Waals surface area contributed by atoms with Crippen molar-refractivity contribution < 1.29 is 0 Å². The molecular formula is C9H16ClN3. The average molecular weight is 202 g/mol. The Hall–Kier alpha value is -0.570. The van der Waals surface area contributed by atoms with Gasteiger partial charge in [-0.1, -0.05) is 6.92 Å². The molecule has 0 aliphatic rings. The molecule has 1 unspecified atom stereocenters. The molecule has 0 saturated heterocycles. The van der Waals surface area contributed by atoms with Crippen molar-refractivity contribution in [3.63, 3.8) is 0 Å². The molecule has 0 aliphatic heterocycles. The molecule has 0 fully saturated rings. The minimum atomic E-state index is 0.266. The van der Waals surface area contributed by atoms with Gasteiger partial charge in [-0.25, -0.2) is 4.98 Å². The van der Waals surface area contributed by atoms with Crippen molar-refractivity contribution in [3.8, 4) is 0 Å². The predicted molar refractivity (Wildman–Crippen MR) is 53.9 cm³/mol. The van der Waals surface area contributed by atoms with E-state index in [1.165, 1.54) is 0 Å². The summed E-state index contributed by atoms with van der Waals surface area (Å²) in [6.45, 7) is 5.05. The molecule has 0 radical (unpaired) electrons. The molecule has 0 saturated carbocycles. The summed E-state index contributed by atoms with van der Waals surface area (Å²) < 4.78 is 1.92. The third-order valence-electron chi connectivity index (χ3n) is 2.12. The predicted octanol–water partition coefficient (Wildman–Crippen LogP) is 2.25. The normalized spacial score (nSPS) is 13.2. The van der Waals surface area contributed by atoms with E-state index in [0.717, 1.165) is 31.6 Å².